The van der Waals surface area contributed by atoms with E-state index in [1.54, 1.807) is 0 Å². The summed E-state index contributed by atoms with van der Waals surface area (Å²) in [7, 11) is 0. The summed E-state index contributed by atoms with van der Waals surface area (Å²) in [6.45, 7) is 4.79. The van der Waals surface area contributed by atoms with Gasteiger partial charge in [0, 0.05) is 51.4 Å². The molecule has 2 aliphatic heterocycles. The summed E-state index contributed by atoms with van der Waals surface area (Å²) < 4.78 is 0. The first-order chi connectivity index (χ1) is 6.78. The molecule has 1 amide bonds. The SMILES string of the molecule is CCN1C(=O)CCSC12CC[N-]CC2.[CH3-].[Y]. The number of thioether (sulfide) groups is 1. The van der Waals surface area contributed by atoms with E-state index in [9.17, 15) is 4.79 Å². The van der Waals surface area contributed by atoms with E-state index in [-0.39, 0.29) is 45.0 Å². The van der Waals surface area contributed by atoms with E-state index in [1.807, 2.05) is 11.8 Å². The van der Waals surface area contributed by atoms with E-state index < -0.39 is 0 Å². The molecule has 1 spiro atoms. The molecule has 0 aromatic carbocycles. The van der Waals surface area contributed by atoms with Gasteiger partial charge in [-0.3, -0.25) is 4.79 Å². The first kappa shape index (κ1) is 16.9. The van der Waals surface area contributed by atoms with Crippen LogP contribution in [0.1, 0.15) is 26.2 Å². The van der Waals surface area contributed by atoms with Gasteiger partial charge in [0.05, 0.1) is 4.87 Å². The van der Waals surface area contributed by atoms with Gasteiger partial charge in [0.2, 0.25) is 5.91 Å². The monoisotopic (exact) mass is 317 g/mol. The van der Waals surface area contributed by atoms with Crippen molar-refractivity contribution in [2.45, 2.75) is 31.1 Å². The first-order valence-electron chi connectivity index (χ1n) is 5.36. The molecule has 0 N–H and O–H groups in total. The Morgan fingerprint density at radius 1 is 1.44 bits per heavy atom. The quantitative estimate of drug-likeness (QED) is 0.696. The van der Waals surface area contributed by atoms with Crippen molar-refractivity contribution in [3.05, 3.63) is 12.7 Å². The van der Waals surface area contributed by atoms with Crippen molar-refractivity contribution in [3.63, 3.8) is 0 Å². The second-order valence-corrected chi connectivity index (χ2v) is 5.31. The molecule has 2 heterocycles. The van der Waals surface area contributed by atoms with Gasteiger partial charge in [-0.1, -0.05) is 0 Å². The minimum atomic E-state index is 0. The number of hydrogen-bond acceptors (Lipinski definition) is 2. The fourth-order valence-corrected chi connectivity index (χ4v) is 3.91. The van der Waals surface area contributed by atoms with Crippen molar-refractivity contribution >= 4 is 17.7 Å². The number of piperidine rings is 1. The third kappa shape index (κ3) is 3.21. The molecule has 0 atom stereocenters. The maximum Gasteiger partial charge on any atom is 0.224 e. The zero-order chi connectivity index (χ0) is 10.0. The van der Waals surface area contributed by atoms with Crippen LogP contribution < -0.4 is 0 Å². The van der Waals surface area contributed by atoms with Crippen LogP contribution in [0.25, 0.3) is 5.32 Å². The van der Waals surface area contributed by atoms with Crippen LogP contribution in [0.5, 0.6) is 0 Å². The molecule has 5 heteroatoms. The molecule has 2 aliphatic rings. The van der Waals surface area contributed by atoms with Gasteiger partial charge in [0.25, 0.3) is 0 Å². The molecule has 2 saturated heterocycles. The van der Waals surface area contributed by atoms with Crippen LogP contribution in [0.3, 0.4) is 0 Å². The number of carbonyl (C=O) groups is 1. The van der Waals surface area contributed by atoms with Gasteiger partial charge in [-0.05, 0) is 19.8 Å². The average molecular weight is 317 g/mol. The van der Waals surface area contributed by atoms with Crippen molar-refractivity contribution in [2.75, 3.05) is 25.4 Å². The zero-order valence-electron chi connectivity index (χ0n) is 10.2. The average Bonchev–Trinajstić information content (AvgIpc) is 2.19. The van der Waals surface area contributed by atoms with Crippen molar-refractivity contribution in [2.24, 2.45) is 0 Å². The molecule has 3 nitrogen and oxygen atoms in total. The number of carbonyl (C=O) groups excluding carboxylic acids is 1. The van der Waals surface area contributed by atoms with Gasteiger partial charge in [-0.25, -0.2) is 0 Å². The van der Waals surface area contributed by atoms with Crippen LogP contribution in [0.2, 0.25) is 0 Å². The van der Waals surface area contributed by atoms with Crippen LogP contribution in [-0.4, -0.2) is 41.1 Å². The van der Waals surface area contributed by atoms with E-state index in [4.69, 9.17) is 0 Å². The van der Waals surface area contributed by atoms with E-state index in [2.05, 4.69) is 17.1 Å². The summed E-state index contributed by atoms with van der Waals surface area (Å²) in [6, 6.07) is 0. The Bertz CT molecular complexity index is 227. The second kappa shape index (κ2) is 7.35. The molecule has 2 fully saturated rings. The summed E-state index contributed by atoms with van der Waals surface area (Å²) in [5.74, 6) is 1.34. The fraction of sp³-hybridized carbons (Fsp3) is 0.818. The van der Waals surface area contributed by atoms with Gasteiger partial charge in [0.1, 0.15) is 0 Å². The standard InChI is InChI=1S/C10H17N2OS.CH3.Y/c1-2-12-9(13)3-8-14-10(12)4-6-11-7-5-10;;/h2-8H2,1H3;1H3;/q2*-1;. The topological polar surface area (TPSA) is 34.4 Å². The number of amides is 1. The van der Waals surface area contributed by atoms with Gasteiger partial charge < -0.3 is 17.6 Å². The Kier molecular flexibility index (Phi) is 7.75. The van der Waals surface area contributed by atoms with Crippen LogP contribution in [0, 0.1) is 7.43 Å². The molecule has 0 saturated carbocycles. The van der Waals surface area contributed by atoms with Crippen LogP contribution in [-0.2, 0) is 37.5 Å². The van der Waals surface area contributed by atoms with E-state index in [0.29, 0.717) is 5.91 Å². The summed E-state index contributed by atoms with van der Waals surface area (Å²) in [4.78, 5) is 14.0. The zero-order valence-corrected chi connectivity index (χ0v) is 13.9. The van der Waals surface area contributed by atoms with Gasteiger partial charge in [-0.15, -0.1) is 24.9 Å². The summed E-state index contributed by atoms with van der Waals surface area (Å²) in [5, 5.41) is 4.37. The maximum atomic E-state index is 11.8. The van der Waals surface area contributed by atoms with E-state index in [0.717, 1.165) is 44.6 Å². The minimum Gasteiger partial charge on any atom is -0.662 e. The third-order valence-electron chi connectivity index (χ3n) is 3.12. The largest absolute Gasteiger partial charge is 0.662 e. The first-order valence-corrected chi connectivity index (χ1v) is 6.35. The molecule has 0 unspecified atom stereocenters. The van der Waals surface area contributed by atoms with E-state index >= 15 is 0 Å². The molecule has 2 rings (SSSR count). The molecule has 0 aliphatic carbocycles. The number of hydrogen-bond donors (Lipinski definition) is 0. The molecule has 91 valence electrons. The molecule has 1 radical (unpaired) electrons. The Morgan fingerprint density at radius 2 is 2.06 bits per heavy atom. The Balaban J connectivity index is 0.00000112. The fourth-order valence-electron chi connectivity index (χ4n) is 2.39. The normalized spacial score (nSPS) is 23.6. The van der Waals surface area contributed by atoms with Crippen molar-refractivity contribution < 1.29 is 37.5 Å². The van der Waals surface area contributed by atoms with Crippen LogP contribution in [0.15, 0.2) is 0 Å². The van der Waals surface area contributed by atoms with Gasteiger partial charge in [-0.2, -0.15) is 0 Å². The Morgan fingerprint density at radius 3 is 2.62 bits per heavy atom. The van der Waals surface area contributed by atoms with Crippen LogP contribution >= 0.6 is 11.8 Å². The number of rotatable bonds is 1. The second-order valence-electron chi connectivity index (χ2n) is 3.85. The molecular formula is C11H20N2OSY-2. The summed E-state index contributed by atoms with van der Waals surface area (Å²) >= 11 is 1.97. The Hall–Kier alpha value is 0.884. The van der Waals surface area contributed by atoms with Crippen molar-refractivity contribution in [1.29, 1.82) is 0 Å². The smallest absolute Gasteiger partial charge is 0.224 e. The molecule has 0 aromatic rings. The molecule has 16 heavy (non-hydrogen) atoms. The third-order valence-corrected chi connectivity index (χ3v) is 4.69. The predicted octanol–water partition coefficient (Wildman–Crippen LogP) is 2.28. The maximum absolute atomic E-state index is 11.8. The number of nitrogens with zero attached hydrogens (tertiary/aromatic N) is 2. The molecule has 0 aromatic heterocycles. The summed E-state index contributed by atoms with van der Waals surface area (Å²) in [6.07, 6.45) is 2.83. The minimum absolute atomic E-state index is 0. The van der Waals surface area contributed by atoms with Gasteiger partial charge >= 0.3 is 0 Å². The predicted molar refractivity (Wildman–Crippen MR) is 65.9 cm³/mol. The molecule has 0 bridgehead atoms. The van der Waals surface area contributed by atoms with Crippen molar-refractivity contribution in [1.82, 2.24) is 4.90 Å². The van der Waals surface area contributed by atoms with Gasteiger partial charge in [0.15, 0.2) is 0 Å². The van der Waals surface area contributed by atoms with Crippen LogP contribution in [0.4, 0.5) is 0 Å². The van der Waals surface area contributed by atoms with Crippen molar-refractivity contribution in [3.8, 4) is 0 Å². The molecular weight excluding hydrogens is 297 g/mol. The summed E-state index contributed by atoms with van der Waals surface area (Å²) in [5.41, 5.74) is 0. The van der Waals surface area contributed by atoms with E-state index in [1.165, 1.54) is 0 Å². The Labute approximate surface area is 128 Å².